The summed E-state index contributed by atoms with van der Waals surface area (Å²) >= 11 is 3.31. The zero-order chi connectivity index (χ0) is 19.6. The van der Waals surface area contributed by atoms with Gasteiger partial charge < -0.3 is 10.1 Å². The van der Waals surface area contributed by atoms with Gasteiger partial charge >= 0.3 is 0 Å². The normalized spacial score (nSPS) is 15.1. The summed E-state index contributed by atoms with van der Waals surface area (Å²) in [4.78, 5) is 12.4. The van der Waals surface area contributed by atoms with Gasteiger partial charge in [0.05, 0.1) is 7.11 Å². The third-order valence-electron chi connectivity index (χ3n) is 4.50. The molecule has 1 atom stereocenters. The number of hydrogen-bond donors (Lipinski definition) is 2. The van der Waals surface area contributed by atoms with Crippen LogP contribution in [0.15, 0.2) is 51.8 Å². The number of nitrogens with one attached hydrogen (secondary N) is 2. The second-order valence-electron chi connectivity index (χ2n) is 6.58. The topological polar surface area (TPSA) is 84.5 Å². The summed E-state index contributed by atoms with van der Waals surface area (Å²) in [6, 6.07) is 11.2. The van der Waals surface area contributed by atoms with Gasteiger partial charge in [0.15, 0.2) is 0 Å². The van der Waals surface area contributed by atoms with Crippen LogP contribution in [0, 0.1) is 5.92 Å². The van der Waals surface area contributed by atoms with E-state index in [0.717, 1.165) is 17.3 Å². The maximum atomic E-state index is 12.8. The fourth-order valence-electron chi connectivity index (χ4n) is 2.76. The molecule has 0 bridgehead atoms. The number of rotatable bonds is 7. The molecule has 1 amide bonds. The number of carbonyl (C=O) groups is 1. The average Bonchev–Trinajstić information content (AvgIpc) is 3.48. The first-order valence-electron chi connectivity index (χ1n) is 8.57. The van der Waals surface area contributed by atoms with Crippen molar-refractivity contribution in [1.82, 2.24) is 5.32 Å². The van der Waals surface area contributed by atoms with Gasteiger partial charge in [-0.2, -0.15) is 0 Å². The Morgan fingerprint density at radius 2 is 1.85 bits per heavy atom. The highest BCUT2D eigenvalue weighted by atomic mass is 79.9. The van der Waals surface area contributed by atoms with Crippen LogP contribution >= 0.6 is 15.9 Å². The predicted molar refractivity (Wildman–Crippen MR) is 108 cm³/mol. The summed E-state index contributed by atoms with van der Waals surface area (Å²) < 4.78 is 34.2. The lowest BCUT2D eigenvalue weighted by Crippen LogP contribution is -2.34. The number of benzene rings is 2. The lowest BCUT2D eigenvalue weighted by atomic mass is 10.1. The molecule has 6 nitrogen and oxygen atoms in total. The second kappa shape index (κ2) is 7.90. The Bertz CT molecular complexity index is 941. The molecule has 1 fully saturated rings. The van der Waals surface area contributed by atoms with Crippen molar-refractivity contribution in [3.05, 3.63) is 52.5 Å². The van der Waals surface area contributed by atoms with E-state index in [-0.39, 0.29) is 28.2 Å². The zero-order valence-electron chi connectivity index (χ0n) is 15.0. The van der Waals surface area contributed by atoms with Gasteiger partial charge in [0.25, 0.3) is 15.9 Å². The molecule has 27 heavy (non-hydrogen) atoms. The van der Waals surface area contributed by atoms with E-state index in [1.165, 1.54) is 19.2 Å². The van der Waals surface area contributed by atoms with Crippen molar-refractivity contribution in [1.29, 1.82) is 0 Å². The summed E-state index contributed by atoms with van der Waals surface area (Å²) in [6.45, 7) is 1.96. The Morgan fingerprint density at radius 1 is 1.19 bits per heavy atom. The van der Waals surface area contributed by atoms with Crippen molar-refractivity contribution in [3.8, 4) is 5.75 Å². The Balaban J connectivity index is 1.87. The monoisotopic (exact) mass is 452 g/mol. The van der Waals surface area contributed by atoms with Crippen LogP contribution in [0.4, 0.5) is 5.69 Å². The molecule has 144 valence electrons. The summed E-state index contributed by atoms with van der Waals surface area (Å²) in [6.07, 6.45) is 2.22. The average molecular weight is 453 g/mol. The Kier molecular flexibility index (Phi) is 5.76. The molecule has 0 radical (unpaired) electrons. The van der Waals surface area contributed by atoms with Crippen molar-refractivity contribution < 1.29 is 17.9 Å². The van der Waals surface area contributed by atoms with E-state index in [2.05, 4.69) is 26.0 Å². The van der Waals surface area contributed by atoms with E-state index in [0.29, 0.717) is 11.6 Å². The van der Waals surface area contributed by atoms with E-state index in [1.807, 2.05) is 6.92 Å². The molecule has 1 aliphatic carbocycles. The number of hydrogen-bond acceptors (Lipinski definition) is 4. The van der Waals surface area contributed by atoms with Crippen LogP contribution in [0.5, 0.6) is 5.75 Å². The fraction of sp³-hybridized carbons (Fsp3) is 0.316. The van der Waals surface area contributed by atoms with E-state index in [9.17, 15) is 13.2 Å². The van der Waals surface area contributed by atoms with Crippen LogP contribution in [0.2, 0.25) is 0 Å². The highest BCUT2D eigenvalue weighted by Crippen LogP contribution is 2.33. The maximum absolute atomic E-state index is 12.8. The van der Waals surface area contributed by atoms with Gasteiger partial charge in [-0.05, 0) is 68.1 Å². The van der Waals surface area contributed by atoms with Crippen LogP contribution in [0.1, 0.15) is 30.1 Å². The van der Waals surface area contributed by atoms with Crippen LogP contribution in [0.25, 0.3) is 0 Å². The second-order valence-corrected chi connectivity index (χ2v) is 9.14. The van der Waals surface area contributed by atoms with Gasteiger partial charge in [0.2, 0.25) is 0 Å². The first kappa shape index (κ1) is 19.7. The highest BCUT2D eigenvalue weighted by Gasteiger charge is 2.29. The third kappa shape index (κ3) is 4.81. The summed E-state index contributed by atoms with van der Waals surface area (Å²) in [7, 11) is -2.54. The van der Waals surface area contributed by atoms with Crippen LogP contribution in [-0.2, 0) is 10.0 Å². The Labute approximate surface area is 167 Å². The van der Waals surface area contributed by atoms with Gasteiger partial charge in [-0.1, -0.05) is 15.9 Å². The van der Waals surface area contributed by atoms with Crippen molar-refractivity contribution in [3.63, 3.8) is 0 Å². The van der Waals surface area contributed by atoms with Gasteiger partial charge in [-0.3, -0.25) is 9.52 Å². The highest BCUT2D eigenvalue weighted by molar-refractivity contribution is 9.10. The molecular weight excluding hydrogens is 432 g/mol. The number of carbonyl (C=O) groups excluding carboxylic acids is 1. The van der Waals surface area contributed by atoms with Crippen molar-refractivity contribution in [2.75, 3.05) is 11.8 Å². The molecule has 0 unspecified atom stereocenters. The molecule has 2 N–H and O–H groups in total. The molecule has 0 spiro atoms. The maximum Gasteiger partial charge on any atom is 0.265 e. The van der Waals surface area contributed by atoms with Gasteiger partial charge in [-0.25, -0.2) is 8.42 Å². The lowest BCUT2D eigenvalue weighted by Gasteiger charge is -2.15. The standard InChI is InChI=1S/C19H21BrN2O4S/c1-12(13-3-4-13)21-19(23)14-5-10-17(26-2)18(11-14)27(24,25)22-16-8-6-15(20)7-9-16/h5-13,22H,3-4H2,1-2H3,(H,21,23)/t12-/m1/s1. The van der Waals surface area contributed by atoms with E-state index < -0.39 is 10.0 Å². The molecule has 3 rings (SSSR count). The first-order chi connectivity index (χ1) is 12.8. The molecule has 0 saturated heterocycles. The minimum atomic E-state index is -3.93. The Hall–Kier alpha value is -2.06. The zero-order valence-corrected chi connectivity index (χ0v) is 17.4. The molecular formula is C19H21BrN2O4S. The molecule has 8 heteroatoms. The first-order valence-corrected chi connectivity index (χ1v) is 10.8. The molecule has 0 heterocycles. The van der Waals surface area contributed by atoms with Crippen LogP contribution in [-0.4, -0.2) is 27.5 Å². The lowest BCUT2D eigenvalue weighted by molar-refractivity contribution is 0.0935. The van der Waals surface area contributed by atoms with E-state index in [4.69, 9.17) is 4.74 Å². The van der Waals surface area contributed by atoms with Gasteiger partial charge in [0.1, 0.15) is 10.6 Å². The number of anilines is 1. The predicted octanol–water partition coefficient (Wildman–Crippen LogP) is 3.79. The van der Waals surface area contributed by atoms with Crippen LogP contribution < -0.4 is 14.8 Å². The minimum Gasteiger partial charge on any atom is -0.495 e. The minimum absolute atomic E-state index is 0.0700. The van der Waals surface area contributed by atoms with Crippen molar-refractivity contribution in [2.24, 2.45) is 5.92 Å². The fourth-order valence-corrected chi connectivity index (χ4v) is 4.28. The van der Waals surface area contributed by atoms with Gasteiger partial charge in [0, 0.05) is 21.8 Å². The molecule has 1 aliphatic rings. The summed E-state index contributed by atoms with van der Waals surface area (Å²) in [5.74, 6) is 0.387. The van der Waals surface area contributed by atoms with Crippen molar-refractivity contribution in [2.45, 2.75) is 30.7 Å². The molecule has 0 aliphatic heterocycles. The molecule has 2 aromatic rings. The van der Waals surface area contributed by atoms with Crippen LogP contribution in [0.3, 0.4) is 0 Å². The SMILES string of the molecule is COc1ccc(C(=O)N[C@H](C)C2CC2)cc1S(=O)(=O)Nc1ccc(Br)cc1. The summed E-state index contributed by atoms with van der Waals surface area (Å²) in [5.41, 5.74) is 0.692. The smallest absolute Gasteiger partial charge is 0.265 e. The summed E-state index contributed by atoms with van der Waals surface area (Å²) in [5, 5.41) is 2.93. The number of amides is 1. The number of sulfonamides is 1. The van der Waals surface area contributed by atoms with E-state index in [1.54, 1.807) is 30.3 Å². The third-order valence-corrected chi connectivity index (χ3v) is 6.43. The van der Waals surface area contributed by atoms with E-state index >= 15 is 0 Å². The molecule has 0 aromatic heterocycles. The quantitative estimate of drug-likeness (QED) is 0.668. The van der Waals surface area contributed by atoms with Crippen molar-refractivity contribution >= 4 is 37.5 Å². The molecule has 2 aromatic carbocycles. The Morgan fingerprint density at radius 3 is 2.44 bits per heavy atom. The number of ether oxygens (including phenoxy) is 1. The largest absolute Gasteiger partial charge is 0.495 e. The molecule has 1 saturated carbocycles. The van der Waals surface area contributed by atoms with Gasteiger partial charge in [-0.15, -0.1) is 0 Å². The number of halogens is 1. The number of methoxy groups -OCH3 is 1.